The number of aromatic nitrogens is 1. The number of aliphatic imine (C=N–C) groups is 1. The van der Waals surface area contributed by atoms with Crippen LogP contribution in [0.2, 0.25) is 0 Å². The number of ether oxygens (including phenoxy) is 1. The van der Waals surface area contributed by atoms with Crippen LogP contribution in [-0.4, -0.2) is 79.3 Å². The molecule has 8 heteroatoms. The van der Waals surface area contributed by atoms with Gasteiger partial charge in [0.1, 0.15) is 5.82 Å². The van der Waals surface area contributed by atoms with E-state index in [2.05, 4.69) is 27.0 Å². The number of nitrogens with one attached hydrogen (secondary N) is 2. The number of rotatable bonds is 5. The number of fused-ring (bicyclic) bond motifs is 1. The molecule has 0 radical (unpaired) electrons. The molecule has 2 fully saturated rings. The van der Waals surface area contributed by atoms with Gasteiger partial charge in [0.15, 0.2) is 5.96 Å². The first-order chi connectivity index (χ1) is 13.7. The first-order valence-corrected chi connectivity index (χ1v) is 10.3. The molecule has 160 valence electrons. The Morgan fingerprint density at radius 1 is 1.31 bits per heavy atom. The Kier molecular flexibility index (Phi) is 8.14. The van der Waals surface area contributed by atoms with Crippen molar-refractivity contribution in [3.8, 4) is 0 Å². The van der Waals surface area contributed by atoms with Crippen molar-refractivity contribution in [2.24, 2.45) is 4.99 Å². The molecule has 6 nitrogen and oxygen atoms in total. The summed E-state index contributed by atoms with van der Waals surface area (Å²) in [5, 5.41) is 4.39. The molecule has 2 N–H and O–H groups in total. The van der Waals surface area contributed by atoms with Crippen LogP contribution in [0.5, 0.6) is 0 Å². The number of morpholine rings is 1. The van der Waals surface area contributed by atoms with Crippen molar-refractivity contribution >= 4 is 40.8 Å². The zero-order chi connectivity index (χ0) is 19.3. The van der Waals surface area contributed by atoms with Crippen molar-refractivity contribution in [1.82, 2.24) is 20.1 Å². The van der Waals surface area contributed by atoms with Crippen LogP contribution in [-0.2, 0) is 11.2 Å². The van der Waals surface area contributed by atoms with E-state index in [0.717, 1.165) is 74.8 Å². The Hall–Kier alpha value is -1.39. The number of likely N-dealkylation sites (tertiary alicyclic amines) is 1. The van der Waals surface area contributed by atoms with Crippen LogP contribution in [0.4, 0.5) is 4.39 Å². The van der Waals surface area contributed by atoms with E-state index in [1.54, 1.807) is 12.1 Å². The second-order valence-electron chi connectivity index (χ2n) is 7.53. The minimum Gasteiger partial charge on any atom is -0.379 e. The fourth-order valence-electron chi connectivity index (χ4n) is 4.24. The molecule has 2 saturated heterocycles. The lowest BCUT2D eigenvalue weighted by atomic mass is 10.1. The highest BCUT2D eigenvalue weighted by Crippen LogP contribution is 2.20. The number of guanidine groups is 1. The number of H-pyrrole nitrogens is 1. The van der Waals surface area contributed by atoms with Crippen molar-refractivity contribution in [1.29, 1.82) is 0 Å². The molecule has 2 aliphatic heterocycles. The molecule has 29 heavy (non-hydrogen) atoms. The molecule has 2 aliphatic rings. The maximum atomic E-state index is 13.6. The molecule has 0 saturated carbocycles. The third-order valence-electron chi connectivity index (χ3n) is 5.73. The average Bonchev–Trinajstić information content (AvgIpc) is 3.35. The van der Waals surface area contributed by atoms with Gasteiger partial charge in [-0.25, -0.2) is 4.39 Å². The third kappa shape index (κ3) is 5.40. The second-order valence-corrected chi connectivity index (χ2v) is 7.53. The molecule has 4 rings (SSSR count). The van der Waals surface area contributed by atoms with Gasteiger partial charge in [-0.15, -0.1) is 24.0 Å². The van der Waals surface area contributed by atoms with E-state index < -0.39 is 0 Å². The third-order valence-corrected chi connectivity index (χ3v) is 5.73. The van der Waals surface area contributed by atoms with Crippen molar-refractivity contribution in [3.05, 3.63) is 35.8 Å². The summed E-state index contributed by atoms with van der Waals surface area (Å²) in [6, 6.07) is 5.47. The van der Waals surface area contributed by atoms with Gasteiger partial charge >= 0.3 is 0 Å². The van der Waals surface area contributed by atoms with Gasteiger partial charge in [-0.2, -0.15) is 0 Å². The number of nitrogens with zero attached hydrogens (tertiary/aromatic N) is 3. The molecule has 1 unspecified atom stereocenters. The largest absolute Gasteiger partial charge is 0.379 e. The predicted octanol–water partition coefficient (Wildman–Crippen LogP) is 2.84. The molecule has 1 aromatic carbocycles. The van der Waals surface area contributed by atoms with Gasteiger partial charge in [0.25, 0.3) is 0 Å². The first kappa shape index (κ1) is 22.3. The van der Waals surface area contributed by atoms with Crippen LogP contribution in [0, 0.1) is 5.82 Å². The summed E-state index contributed by atoms with van der Waals surface area (Å²) in [5.74, 6) is 0.792. The molecule has 2 aromatic rings. The van der Waals surface area contributed by atoms with Crippen LogP contribution in [0.25, 0.3) is 10.9 Å². The second kappa shape index (κ2) is 10.6. The van der Waals surface area contributed by atoms with Crippen molar-refractivity contribution < 1.29 is 9.13 Å². The van der Waals surface area contributed by atoms with Crippen LogP contribution in [0.1, 0.15) is 18.9 Å². The molecule has 0 spiro atoms. The summed E-state index contributed by atoms with van der Waals surface area (Å²) in [7, 11) is 0. The molecule has 1 aromatic heterocycles. The number of halogens is 2. The fourth-order valence-corrected chi connectivity index (χ4v) is 4.24. The SMILES string of the molecule is CCNC(=NCCc1c[nH]c2ccc(F)cc12)N1CCC(N2CCOCC2)C1.I. The van der Waals surface area contributed by atoms with Crippen molar-refractivity contribution in [2.45, 2.75) is 25.8 Å². The molecule has 3 heterocycles. The zero-order valence-corrected chi connectivity index (χ0v) is 19.3. The highest BCUT2D eigenvalue weighted by atomic mass is 127. The Bertz CT molecular complexity index is 821. The van der Waals surface area contributed by atoms with E-state index in [-0.39, 0.29) is 29.8 Å². The van der Waals surface area contributed by atoms with E-state index in [1.807, 2.05) is 6.20 Å². The van der Waals surface area contributed by atoms with Gasteiger partial charge in [-0.3, -0.25) is 9.89 Å². The van der Waals surface area contributed by atoms with Gasteiger partial charge in [0, 0.05) is 62.4 Å². The Balaban J connectivity index is 0.00000240. The van der Waals surface area contributed by atoms with E-state index in [1.165, 1.54) is 12.5 Å². The lowest BCUT2D eigenvalue weighted by Gasteiger charge is -2.32. The standard InChI is InChI=1S/C21H30FN5O.HI/c1-2-23-21(27-8-6-18(15-27)26-9-11-28-12-10-26)24-7-5-16-14-25-20-4-3-17(22)13-19(16)20;/h3-4,13-14,18,25H,2,5-12,15H2,1H3,(H,23,24);1H. The molecular formula is C21H31FIN5O. The monoisotopic (exact) mass is 515 g/mol. The lowest BCUT2D eigenvalue weighted by Crippen LogP contribution is -2.46. The minimum atomic E-state index is -0.198. The van der Waals surface area contributed by atoms with E-state index in [4.69, 9.17) is 9.73 Å². The highest BCUT2D eigenvalue weighted by molar-refractivity contribution is 14.0. The summed E-state index contributed by atoms with van der Waals surface area (Å²) in [5.41, 5.74) is 2.09. The normalized spacial score (nSPS) is 20.8. The van der Waals surface area contributed by atoms with Crippen molar-refractivity contribution in [3.63, 3.8) is 0 Å². The van der Waals surface area contributed by atoms with Gasteiger partial charge < -0.3 is 19.9 Å². The first-order valence-electron chi connectivity index (χ1n) is 10.3. The lowest BCUT2D eigenvalue weighted by molar-refractivity contribution is 0.0195. The fraction of sp³-hybridized carbons (Fsp3) is 0.571. The van der Waals surface area contributed by atoms with Crippen LogP contribution < -0.4 is 5.32 Å². The van der Waals surface area contributed by atoms with Gasteiger partial charge in [0.05, 0.1) is 13.2 Å². The van der Waals surface area contributed by atoms with Gasteiger partial charge in [-0.1, -0.05) is 0 Å². The smallest absolute Gasteiger partial charge is 0.193 e. The molecule has 0 aliphatic carbocycles. The van der Waals surface area contributed by atoms with E-state index in [0.29, 0.717) is 12.6 Å². The summed E-state index contributed by atoms with van der Waals surface area (Å²) in [6.07, 6.45) is 3.93. The summed E-state index contributed by atoms with van der Waals surface area (Å²) in [6.45, 7) is 9.45. The maximum absolute atomic E-state index is 13.6. The molecule has 0 amide bonds. The molecular weight excluding hydrogens is 484 g/mol. The Morgan fingerprint density at radius 2 is 2.14 bits per heavy atom. The Morgan fingerprint density at radius 3 is 2.93 bits per heavy atom. The predicted molar refractivity (Wildman–Crippen MR) is 126 cm³/mol. The summed E-state index contributed by atoms with van der Waals surface area (Å²) < 4.78 is 19.1. The molecule has 0 bridgehead atoms. The topological polar surface area (TPSA) is 55.9 Å². The van der Waals surface area contributed by atoms with Crippen LogP contribution >= 0.6 is 24.0 Å². The maximum Gasteiger partial charge on any atom is 0.193 e. The van der Waals surface area contributed by atoms with Crippen LogP contribution in [0.15, 0.2) is 29.4 Å². The highest BCUT2D eigenvalue weighted by Gasteiger charge is 2.30. The number of hydrogen-bond donors (Lipinski definition) is 2. The average molecular weight is 515 g/mol. The number of aromatic amines is 1. The number of benzene rings is 1. The Labute approximate surface area is 188 Å². The summed E-state index contributed by atoms with van der Waals surface area (Å²) in [4.78, 5) is 13.0. The van der Waals surface area contributed by atoms with Crippen molar-refractivity contribution in [2.75, 3.05) is 52.5 Å². The summed E-state index contributed by atoms with van der Waals surface area (Å²) >= 11 is 0. The zero-order valence-electron chi connectivity index (χ0n) is 17.0. The molecule has 1 atom stereocenters. The van der Waals surface area contributed by atoms with E-state index in [9.17, 15) is 4.39 Å². The quantitative estimate of drug-likeness (QED) is 0.366. The van der Waals surface area contributed by atoms with E-state index >= 15 is 0 Å². The van der Waals surface area contributed by atoms with Gasteiger partial charge in [-0.05, 0) is 43.5 Å². The number of hydrogen-bond acceptors (Lipinski definition) is 3. The minimum absolute atomic E-state index is 0. The van der Waals surface area contributed by atoms with Gasteiger partial charge in [0.2, 0.25) is 0 Å². The van der Waals surface area contributed by atoms with Crippen LogP contribution in [0.3, 0.4) is 0 Å².